The Morgan fingerprint density at radius 2 is 1.95 bits per heavy atom. The topological polar surface area (TPSA) is 24.5 Å². The second kappa shape index (κ2) is 8.93. The van der Waals surface area contributed by atoms with Gasteiger partial charge in [0.2, 0.25) is 0 Å². The molecule has 1 saturated carbocycles. The molecule has 1 fully saturated rings. The van der Waals surface area contributed by atoms with Crippen LogP contribution in [0.5, 0.6) is 0 Å². The standard InChI is InChI=1S/C16H34N2O/c1-5-18(10-11-19-4)14-16(8-6-7-9-16)13-17-12-15(2)3/h15,17H,5-14H2,1-4H3. The quantitative estimate of drug-likeness (QED) is 0.660. The van der Waals surface area contributed by atoms with E-state index in [0.717, 1.165) is 32.2 Å². The van der Waals surface area contributed by atoms with Crippen molar-refractivity contribution in [3.63, 3.8) is 0 Å². The maximum Gasteiger partial charge on any atom is 0.0589 e. The van der Waals surface area contributed by atoms with Crippen molar-refractivity contribution >= 4 is 0 Å². The molecule has 0 spiro atoms. The number of nitrogens with one attached hydrogen (secondary N) is 1. The van der Waals surface area contributed by atoms with Crippen LogP contribution in [-0.4, -0.2) is 51.3 Å². The first-order chi connectivity index (χ1) is 9.12. The van der Waals surface area contributed by atoms with E-state index in [-0.39, 0.29) is 0 Å². The first kappa shape index (κ1) is 16.9. The lowest BCUT2D eigenvalue weighted by Crippen LogP contribution is -2.44. The molecule has 0 aromatic rings. The van der Waals surface area contributed by atoms with Gasteiger partial charge < -0.3 is 15.0 Å². The summed E-state index contributed by atoms with van der Waals surface area (Å²) in [5.41, 5.74) is 0.513. The Hall–Kier alpha value is -0.120. The van der Waals surface area contributed by atoms with Gasteiger partial charge in [-0.05, 0) is 37.3 Å². The van der Waals surface area contributed by atoms with Crippen LogP contribution in [0, 0.1) is 11.3 Å². The second-order valence-corrected chi connectivity index (χ2v) is 6.59. The zero-order valence-corrected chi connectivity index (χ0v) is 13.5. The third-order valence-corrected chi connectivity index (χ3v) is 4.33. The van der Waals surface area contributed by atoms with Gasteiger partial charge >= 0.3 is 0 Å². The van der Waals surface area contributed by atoms with Crippen molar-refractivity contribution in [1.82, 2.24) is 10.2 Å². The van der Waals surface area contributed by atoms with Crippen molar-refractivity contribution in [3.05, 3.63) is 0 Å². The summed E-state index contributed by atoms with van der Waals surface area (Å²) < 4.78 is 5.23. The lowest BCUT2D eigenvalue weighted by molar-refractivity contribution is 0.109. The fraction of sp³-hybridized carbons (Fsp3) is 1.00. The third-order valence-electron chi connectivity index (χ3n) is 4.33. The molecule has 0 amide bonds. The van der Waals surface area contributed by atoms with Gasteiger partial charge in [-0.15, -0.1) is 0 Å². The van der Waals surface area contributed by atoms with E-state index < -0.39 is 0 Å². The van der Waals surface area contributed by atoms with Gasteiger partial charge in [0.15, 0.2) is 0 Å². The molecule has 0 aliphatic heterocycles. The van der Waals surface area contributed by atoms with Gasteiger partial charge in [-0.25, -0.2) is 0 Å². The number of likely N-dealkylation sites (N-methyl/N-ethyl adjacent to an activating group) is 1. The number of nitrogens with zero attached hydrogens (tertiary/aromatic N) is 1. The molecule has 0 aromatic carbocycles. The minimum atomic E-state index is 0.513. The van der Waals surface area contributed by atoms with Crippen LogP contribution in [0.2, 0.25) is 0 Å². The lowest BCUT2D eigenvalue weighted by atomic mass is 9.85. The largest absolute Gasteiger partial charge is 0.383 e. The summed E-state index contributed by atoms with van der Waals surface area (Å²) in [6.07, 6.45) is 5.60. The maximum atomic E-state index is 5.23. The summed E-state index contributed by atoms with van der Waals surface area (Å²) in [7, 11) is 1.80. The third kappa shape index (κ3) is 6.24. The minimum Gasteiger partial charge on any atom is -0.383 e. The number of hydrogen-bond acceptors (Lipinski definition) is 3. The van der Waals surface area contributed by atoms with E-state index in [2.05, 4.69) is 31.0 Å². The van der Waals surface area contributed by atoms with E-state index in [1.54, 1.807) is 7.11 Å². The number of hydrogen-bond donors (Lipinski definition) is 1. The molecule has 0 unspecified atom stereocenters. The molecule has 0 saturated heterocycles. The summed E-state index contributed by atoms with van der Waals surface area (Å²) in [4.78, 5) is 2.56. The zero-order valence-electron chi connectivity index (χ0n) is 13.5. The summed E-state index contributed by atoms with van der Waals surface area (Å²) in [5, 5.41) is 3.70. The molecule has 114 valence electrons. The van der Waals surface area contributed by atoms with Crippen molar-refractivity contribution in [2.75, 3.05) is 46.4 Å². The van der Waals surface area contributed by atoms with Crippen molar-refractivity contribution in [2.45, 2.75) is 46.5 Å². The van der Waals surface area contributed by atoms with Gasteiger partial charge in [-0.1, -0.05) is 33.6 Å². The Kier molecular flexibility index (Phi) is 7.96. The van der Waals surface area contributed by atoms with Crippen LogP contribution in [0.25, 0.3) is 0 Å². The lowest BCUT2D eigenvalue weighted by Gasteiger charge is -2.35. The van der Waals surface area contributed by atoms with Crippen LogP contribution >= 0.6 is 0 Å². The van der Waals surface area contributed by atoms with E-state index >= 15 is 0 Å². The average molecular weight is 270 g/mol. The molecule has 0 heterocycles. The summed E-state index contributed by atoms with van der Waals surface area (Å²) in [6, 6.07) is 0. The maximum absolute atomic E-state index is 5.23. The Balaban J connectivity index is 2.45. The van der Waals surface area contributed by atoms with Crippen molar-refractivity contribution in [3.8, 4) is 0 Å². The second-order valence-electron chi connectivity index (χ2n) is 6.59. The number of rotatable bonds is 10. The fourth-order valence-electron chi connectivity index (χ4n) is 3.19. The van der Waals surface area contributed by atoms with Gasteiger partial charge in [-0.3, -0.25) is 0 Å². The predicted molar refractivity (Wildman–Crippen MR) is 82.6 cm³/mol. The first-order valence-corrected chi connectivity index (χ1v) is 8.04. The van der Waals surface area contributed by atoms with E-state index in [1.807, 2.05) is 0 Å². The Morgan fingerprint density at radius 1 is 1.26 bits per heavy atom. The monoisotopic (exact) mass is 270 g/mol. The molecule has 1 aliphatic rings. The van der Waals surface area contributed by atoms with Crippen molar-refractivity contribution in [2.24, 2.45) is 11.3 Å². The van der Waals surface area contributed by atoms with Crippen LogP contribution in [0.1, 0.15) is 46.5 Å². The highest BCUT2D eigenvalue weighted by molar-refractivity contribution is 4.89. The van der Waals surface area contributed by atoms with Crippen LogP contribution in [0.3, 0.4) is 0 Å². The Morgan fingerprint density at radius 3 is 2.47 bits per heavy atom. The molecule has 1 rings (SSSR count). The highest BCUT2D eigenvalue weighted by Gasteiger charge is 2.34. The molecule has 1 aliphatic carbocycles. The molecule has 3 heteroatoms. The first-order valence-electron chi connectivity index (χ1n) is 8.04. The normalized spacial score (nSPS) is 18.6. The van der Waals surface area contributed by atoms with Gasteiger partial charge in [0.1, 0.15) is 0 Å². The molecule has 0 bridgehead atoms. The summed E-state index contributed by atoms with van der Waals surface area (Å²) >= 11 is 0. The van der Waals surface area contributed by atoms with Crippen LogP contribution < -0.4 is 5.32 Å². The Labute approximate surface area is 120 Å². The predicted octanol–water partition coefficient (Wildman–Crippen LogP) is 2.76. The van der Waals surface area contributed by atoms with Crippen LogP contribution in [-0.2, 0) is 4.74 Å². The fourth-order valence-corrected chi connectivity index (χ4v) is 3.19. The molecule has 3 nitrogen and oxygen atoms in total. The molecule has 19 heavy (non-hydrogen) atoms. The highest BCUT2D eigenvalue weighted by Crippen LogP contribution is 2.38. The van der Waals surface area contributed by atoms with Gasteiger partial charge in [0, 0.05) is 26.7 Å². The van der Waals surface area contributed by atoms with Gasteiger partial charge in [-0.2, -0.15) is 0 Å². The molecule has 0 radical (unpaired) electrons. The van der Waals surface area contributed by atoms with Gasteiger partial charge in [0.25, 0.3) is 0 Å². The molecule has 0 atom stereocenters. The van der Waals surface area contributed by atoms with Crippen molar-refractivity contribution in [1.29, 1.82) is 0 Å². The SMILES string of the molecule is CCN(CCOC)CC1(CNCC(C)C)CCCC1. The highest BCUT2D eigenvalue weighted by atomic mass is 16.5. The zero-order chi connectivity index (χ0) is 14.1. The number of methoxy groups -OCH3 is 1. The van der Waals surface area contributed by atoms with E-state index in [1.165, 1.54) is 38.8 Å². The minimum absolute atomic E-state index is 0.513. The van der Waals surface area contributed by atoms with E-state index in [4.69, 9.17) is 4.74 Å². The molecule has 1 N–H and O–H groups in total. The molecular formula is C16H34N2O. The number of ether oxygens (including phenoxy) is 1. The average Bonchev–Trinajstić information content (AvgIpc) is 2.83. The van der Waals surface area contributed by atoms with Crippen molar-refractivity contribution < 1.29 is 4.74 Å². The molecular weight excluding hydrogens is 236 g/mol. The van der Waals surface area contributed by atoms with Gasteiger partial charge in [0.05, 0.1) is 6.61 Å². The molecule has 0 aromatic heterocycles. The smallest absolute Gasteiger partial charge is 0.0589 e. The summed E-state index contributed by atoms with van der Waals surface area (Å²) in [6.45, 7) is 13.5. The Bertz CT molecular complexity index is 225. The van der Waals surface area contributed by atoms with E-state index in [9.17, 15) is 0 Å². The summed E-state index contributed by atoms with van der Waals surface area (Å²) in [5.74, 6) is 0.745. The van der Waals surface area contributed by atoms with E-state index in [0.29, 0.717) is 5.41 Å². The van der Waals surface area contributed by atoms with Crippen LogP contribution in [0.15, 0.2) is 0 Å². The van der Waals surface area contributed by atoms with Crippen LogP contribution in [0.4, 0.5) is 0 Å².